The minimum absolute atomic E-state index is 0. The van der Waals surface area contributed by atoms with E-state index < -0.39 is 0 Å². The minimum Gasteiger partial charge on any atom is -0.497 e. The van der Waals surface area contributed by atoms with Gasteiger partial charge in [-0.3, -0.25) is 9.79 Å². The first kappa shape index (κ1) is 24.0. The number of methoxy groups -OCH3 is 1. The molecule has 30 heavy (non-hydrogen) atoms. The number of halogens is 1. The van der Waals surface area contributed by atoms with Crippen molar-refractivity contribution in [3.8, 4) is 5.75 Å². The molecule has 1 heterocycles. The molecule has 0 aromatic heterocycles. The van der Waals surface area contributed by atoms with E-state index in [2.05, 4.69) is 32.7 Å². The Kier molecular flexibility index (Phi) is 9.42. The SMILES string of the molecule is CN=C(NCCNC(=O)c1cccc(C)c1)N1CCC(c2ccc(OC)cc2)C1.I. The fourth-order valence-corrected chi connectivity index (χ4v) is 3.67. The maximum atomic E-state index is 12.2. The van der Waals surface area contributed by atoms with Crippen LogP contribution in [0, 0.1) is 6.92 Å². The molecule has 1 fully saturated rings. The van der Waals surface area contributed by atoms with Gasteiger partial charge in [-0.1, -0.05) is 29.8 Å². The van der Waals surface area contributed by atoms with Crippen LogP contribution in [0.3, 0.4) is 0 Å². The third-order valence-electron chi connectivity index (χ3n) is 5.26. The molecule has 1 saturated heterocycles. The molecule has 6 nitrogen and oxygen atoms in total. The van der Waals surface area contributed by atoms with Gasteiger partial charge >= 0.3 is 0 Å². The van der Waals surface area contributed by atoms with Gasteiger partial charge in [-0.2, -0.15) is 0 Å². The summed E-state index contributed by atoms with van der Waals surface area (Å²) in [6, 6.07) is 15.9. The molecular weight excluding hydrogens is 491 g/mol. The normalized spacial score (nSPS) is 16.0. The van der Waals surface area contributed by atoms with Gasteiger partial charge in [-0.05, 0) is 43.2 Å². The highest BCUT2D eigenvalue weighted by atomic mass is 127. The highest BCUT2D eigenvalue weighted by Gasteiger charge is 2.26. The summed E-state index contributed by atoms with van der Waals surface area (Å²) in [6.45, 7) is 5.06. The summed E-state index contributed by atoms with van der Waals surface area (Å²) in [6.07, 6.45) is 1.09. The van der Waals surface area contributed by atoms with Gasteiger partial charge in [0.2, 0.25) is 0 Å². The van der Waals surface area contributed by atoms with Crippen molar-refractivity contribution in [1.82, 2.24) is 15.5 Å². The van der Waals surface area contributed by atoms with Gasteiger partial charge < -0.3 is 20.3 Å². The number of hydrogen-bond donors (Lipinski definition) is 2. The molecule has 0 saturated carbocycles. The average molecular weight is 522 g/mol. The second kappa shape index (κ2) is 11.8. The second-order valence-corrected chi connectivity index (χ2v) is 7.30. The van der Waals surface area contributed by atoms with Crippen LogP contribution in [0.15, 0.2) is 53.5 Å². The molecule has 7 heteroatoms. The molecule has 0 spiro atoms. The highest BCUT2D eigenvalue weighted by molar-refractivity contribution is 14.0. The van der Waals surface area contributed by atoms with Crippen LogP contribution >= 0.6 is 24.0 Å². The summed E-state index contributed by atoms with van der Waals surface area (Å²) in [4.78, 5) is 18.9. The number of aliphatic imine (C=N–C) groups is 1. The van der Waals surface area contributed by atoms with Crippen LogP contribution in [-0.2, 0) is 0 Å². The molecule has 2 aromatic rings. The Labute approximate surface area is 196 Å². The van der Waals surface area contributed by atoms with E-state index in [9.17, 15) is 4.79 Å². The lowest BCUT2D eigenvalue weighted by Gasteiger charge is -2.22. The highest BCUT2D eigenvalue weighted by Crippen LogP contribution is 2.28. The third-order valence-corrected chi connectivity index (χ3v) is 5.26. The molecule has 1 aliphatic rings. The summed E-state index contributed by atoms with van der Waals surface area (Å²) in [5.74, 6) is 2.20. The van der Waals surface area contributed by atoms with E-state index in [4.69, 9.17) is 4.74 Å². The number of carbonyl (C=O) groups is 1. The molecule has 2 aromatic carbocycles. The van der Waals surface area contributed by atoms with Gasteiger partial charge in [0.15, 0.2) is 5.96 Å². The standard InChI is InChI=1S/C23H30N4O2.HI/c1-17-5-4-6-19(15-17)22(28)25-12-13-26-23(24-2)27-14-11-20(16-27)18-7-9-21(29-3)10-8-18;/h4-10,15,20H,11-14,16H2,1-3H3,(H,24,26)(H,25,28);1H. The van der Waals surface area contributed by atoms with E-state index in [0.29, 0.717) is 24.6 Å². The van der Waals surface area contributed by atoms with Crippen molar-refractivity contribution in [3.63, 3.8) is 0 Å². The smallest absolute Gasteiger partial charge is 0.251 e. The van der Waals surface area contributed by atoms with Crippen LogP contribution in [0.25, 0.3) is 0 Å². The van der Waals surface area contributed by atoms with Crippen LogP contribution in [0.5, 0.6) is 5.75 Å². The first-order valence-electron chi connectivity index (χ1n) is 10.0. The monoisotopic (exact) mass is 522 g/mol. The number of carbonyl (C=O) groups excluding carboxylic acids is 1. The Morgan fingerprint density at radius 3 is 2.57 bits per heavy atom. The molecule has 0 radical (unpaired) electrons. The van der Waals surface area contributed by atoms with Crippen molar-refractivity contribution in [2.75, 3.05) is 40.3 Å². The topological polar surface area (TPSA) is 66.0 Å². The van der Waals surface area contributed by atoms with Crippen LogP contribution in [0.1, 0.15) is 33.8 Å². The van der Waals surface area contributed by atoms with E-state index in [1.54, 1.807) is 14.2 Å². The van der Waals surface area contributed by atoms with Crippen LogP contribution < -0.4 is 15.4 Å². The fourth-order valence-electron chi connectivity index (χ4n) is 3.67. The van der Waals surface area contributed by atoms with Crippen molar-refractivity contribution in [1.29, 1.82) is 0 Å². The summed E-state index contributed by atoms with van der Waals surface area (Å²) in [7, 11) is 3.49. The Balaban J connectivity index is 0.00000320. The number of hydrogen-bond acceptors (Lipinski definition) is 3. The van der Waals surface area contributed by atoms with Crippen molar-refractivity contribution in [3.05, 3.63) is 65.2 Å². The Morgan fingerprint density at radius 1 is 1.17 bits per heavy atom. The molecule has 162 valence electrons. The van der Waals surface area contributed by atoms with Gasteiger partial charge in [0.05, 0.1) is 7.11 Å². The number of ether oxygens (including phenoxy) is 1. The van der Waals surface area contributed by atoms with E-state index in [0.717, 1.165) is 36.8 Å². The van der Waals surface area contributed by atoms with Crippen LogP contribution in [-0.4, -0.2) is 57.1 Å². The quantitative estimate of drug-likeness (QED) is 0.264. The largest absolute Gasteiger partial charge is 0.497 e. The number of guanidine groups is 1. The van der Waals surface area contributed by atoms with E-state index in [-0.39, 0.29) is 29.9 Å². The number of likely N-dealkylation sites (tertiary alicyclic amines) is 1. The van der Waals surface area contributed by atoms with E-state index in [1.807, 2.05) is 43.3 Å². The maximum absolute atomic E-state index is 12.2. The predicted molar refractivity (Wildman–Crippen MR) is 132 cm³/mol. The number of amides is 1. The van der Waals surface area contributed by atoms with Crippen molar-refractivity contribution < 1.29 is 9.53 Å². The van der Waals surface area contributed by atoms with E-state index >= 15 is 0 Å². The lowest BCUT2D eigenvalue weighted by atomic mass is 9.98. The van der Waals surface area contributed by atoms with Gasteiger partial charge in [-0.25, -0.2) is 0 Å². The zero-order valence-electron chi connectivity index (χ0n) is 17.9. The van der Waals surface area contributed by atoms with Crippen LogP contribution in [0.4, 0.5) is 0 Å². The molecular formula is C23H31IN4O2. The second-order valence-electron chi connectivity index (χ2n) is 7.30. The van der Waals surface area contributed by atoms with E-state index in [1.165, 1.54) is 5.56 Å². The number of nitrogens with zero attached hydrogens (tertiary/aromatic N) is 2. The predicted octanol–water partition coefficient (Wildman–Crippen LogP) is 3.42. The van der Waals surface area contributed by atoms with Crippen molar-refractivity contribution >= 4 is 35.8 Å². The van der Waals surface area contributed by atoms with Crippen molar-refractivity contribution in [2.45, 2.75) is 19.3 Å². The first-order valence-corrected chi connectivity index (χ1v) is 10.0. The lowest BCUT2D eigenvalue weighted by Crippen LogP contribution is -2.43. The molecule has 1 atom stereocenters. The van der Waals surface area contributed by atoms with Crippen LogP contribution in [0.2, 0.25) is 0 Å². The maximum Gasteiger partial charge on any atom is 0.251 e. The number of aryl methyl sites for hydroxylation is 1. The molecule has 0 bridgehead atoms. The Hall–Kier alpha value is -2.29. The zero-order valence-corrected chi connectivity index (χ0v) is 20.2. The first-order chi connectivity index (χ1) is 14.1. The summed E-state index contributed by atoms with van der Waals surface area (Å²) in [5, 5.41) is 6.32. The number of rotatable bonds is 6. The average Bonchev–Trinajstić information content (AvgIpc) is 3.23. The van der Waals surface area contributed by atoms with Gasteiger partial charge in [0.25, 0.3) is 5.91 Å². The lowest BCUT2D eigenvalue weighted by molar-refractivity contribution is 0.0954. The molecule has 3 rings (SSSR count). The number of benzene rings is 2. The summed E-state index contributed by atoms with van der Waals surface area (Å²) in [5.41, 5.74) is 3.10. The fraction of sp³-hybridized carbons (Fsp3) is 0.391. The minimum atomic E-state index is -0.0498. The Morgan fingerprint density at radius 2 is 1.90 bits per heavy atom. The van der Waals surface area contributed by atoms with Gasteiger partial charge in [0, 0.05) is 44.7 Å². The summed E-state index contributed by atoms with van der Waals surface area (Å²) < 4.78 is 5.24. The molecule has 1 aliphatic heterocycles. The van der Waals surface area contributed by atoms with Gasteiger partial charge in [-0.15, -0.1) is 24.0 Å². The number of nitrogens with one attached hydrogen (secondary N) is 2. The zero-order chi connectivity index (χ0) is 20.6. The summed E-state index contributed by atoms with van der Waals surface area (Å²) >= 11 is 0. The molecule has 1 unspecified atom stereocenters. The molecule has 2 N–H and O–H groups in total. The van der Waals surface area contributed by atoms with Gasteiger partial charge in [0.1, 0.15) is 5.75 Å². The molecule has 0 aliphatic carbocycles. The van der Waals surface area contributed by atoms with Crippen molar-refractivity contribution in [2.24, 2.45) is 4.99 Å². The molecule has 1 amide bonds. The Bertz CT molecular complexity index is 855. The third kappa shape index (κ3) is 6.35.